The number of amides is 1. The van der Waals surface area contributed by atoms with E-state index in [9.17, 15) is 4.79 Å². The summed E-state index contributed by atoms with van der Waals surface area (Å²) in [5.74, 6) is 0.216. The molecule has 1 aliphatic rings. The van der Waals surface area contributed by atoms with E-state index in [1.807, 2.05) is 11.9 Å². The molecule has 1 aromatic heterocycles. The lowest BCUT2D eigenvalue weighted by Crippen LogP contribution is -2.41. The summed E-state index contributed by atoms with van der Waals surface area (Å²) in [6.07, 6.45) is 2.07. The Morgan fingerprint density at radius 2 is 2.25 bits per heavy atom. The highest BCUT2D eigenvalue weighted by Gasteiger charge is 2.25. The van der Waals surface area contributed by atoms with Crippen molar-refractivity contribution in [1.29, 1.82) is 0 Å². The zero-order valence-corrected chi connectivity index (χ0v) is 13.1. The molecule has 5 heteroatoms. The number of nitrogens with zero attached hydrogens (tertiary/aromatic N) is 1. The molecule has 1 saturated heterocycles. The van der Waals surface area contributed by atoms with Crippen LogP contribution in [0.2, 0.25) is 0 Å². The fraction of sp³-hybridized carbons (Fsp3) is 0.400. The Hall–Kier alpha value is -1.10. The summed E-state index contributed by atoms with van der Waals surface area (Å²) in [6.45, 7) is 1.66. The summed E-state index contributed by atoms with van der Waals surface area (Å²) in [5, 5.41) is 6.70. The number of halogens is 1. The van der Waals surface area contributed by atoms with Crippen LogP contribution in [0.5, 0.6) is 0 Å². The molecule has 1 fully saturated rings. The fourth-order valence-corrected chi connectivity index (χ4v) is 3.60. The van der Waals surface area contributed by atoms with Crippen molar-refractivity contribution < 1.29 is 4.79 Å². The lowest BCUT2D eigenvalue weighted by Gasteiger charge is -2.21. The molecule has 0 spiro atoms. The van der Waals surface area contributed by atoms with Gasteiger partial charge in [-0.05, 0) is 41.8 Å². The largest absolute Gasteiger partial charge is 0.340 e. The Morgan fingerprint density at radius 1 is 1.45 bits per heavy atom. The van der Waals surface area contributed by atoms with E-state index >= 15 is 0 Å². The molecule has 20 heavy (non-hydrogen) atoms. The zero-order valence-electron chi connectivity index (χ0n) is 11.5. The maximum absolute atomic E-state index is 12.3. The normalized spacial score (nSPS) is 17.9. The van der Waals surface area contributed by atoms with Crippen molar-refractivity contribution in [2.24, 2.45) is 0 Å². The molecule has 0 radical (unpaired) electrons. The molecule has 2 aromatic rings. The molecule has 0 aliphatic carbocycles. The molecule has 3 nitrogen and oxygen atoms in total. The van der Waals surface area contributed by atoms with E-state index in [4.69, 9.17) is 0 Å². The molecule has 108 valence electrons. The van der Waals surface area contributed by atoms with Crippen molar-refractivity contribution in [3.8, 4) is 0 Å². The van der Waals surface area contributed by atoms with Gasteiger partial charge >= 0.3 is 0 Å². The third-order valence-corrected chi connectivity index (χ3v) is 4.72. The van der Waals surface area contributed by atoms with Crippen LogP contribution in [0.4, 0.5) is 0 Å². The molecule has 0 bridgehead atoms. The van der Waals surface area contributed by atoms with Crippen LogP contribution in [0, 0.1) is 0 Å². The number of hydrogen-bond acceptors (Lipinski definition) is 3. The van der Waals surface area contributed by atoms with Crippen LogP contribution < -0.4 is 5.32 Å². The maximum atomic E-state index is 12.3. The minimum atomic E-state index is 0. The first-order valence-electron chi connectivity index (χ1n) is 6.69. The lowest BCUT2D eigenvalue weighted by molar-refractivity contribution is -0.132. The van der Waals surface area contributed by atoms with Crippen molar-refractivity contribution >= 4 is 39.7 Å². The minimum Gasteiger partial charge on any atom is -0.340 e. The lowest BCUT2D eigenvalue weighted by atomic mass is 10.1. The molecule has 1 atom stereocenters. The predicted molar refractivity (Wildman–Crippen MR) is 86.6 cm³/mol. The van der Waals surface area contributed by atoms with Crippen LogP contribution in [0.15, 0.2) is 29.6 Å². The third kappa shape index (κ3) is 2.97. The zero-order chi connectivity index (χ0) is 13.2. The second-order valence-electron chi connectivity index (χ2n) is 5.10. The molecule has 1 amide bonds. The van der Waals surface area contributed by atoms with Gasteiger partial charge in [0.15, 0.2) is 0 Å². The topological polar surface area (TPSA) is 32.3 Å². The SMILES string of the molecule is CN(Cc1csc2ccccc12)C(=O)C1CCCN1.Cl. The van der Waals surface area contributed by atoms with E-state index in [-0.39, 0.29) is 24.4 Å². The van der Waals surface area contributed by atoms with Gasteiger partial charge in [0, 0.05) is 18.3 Å². The van der Waals surface area contributed by atoms with Gasteiger partial charge in [-0.1, -0.05) is 18.2 Å². The standard InChI is InChI=1S/C15H18N2OS.ClH/c1-17(15(18)13-6-4-8-16-13)9-11-10-19-14-7-3-2-5-12(11)14;/h2-3,5,7,10,13,16H,4,6,8-9H2,1H3;1H. The van der Waals surface area contributed by atoms with Crippen molar-refractivity contribution in [1.82, 2.24) is 10.2 Å². The van der Waals surface area contributed by atoms with Crippen molar-refractivity contribution in [3.05, 3.63) is 35.2 Å². The fourth-order valence-electron chi connectivity index (χ4n) is 2.65. The Bertz CT molecular complexity index is 592. The summed E-state index contributed by atoms with van der Waals surface area (Å²) in [6, 6.07) is 8.39. The summed E-state index contributed by atoms with van der Waals surface area (Å²) < 4.78 is 1.29. The molecular weight excluding hydrogens is 292 g/mol. The highest BCUT2D eigenvalue weighted by atomic mass is 35.5. The van der Waals surface area contributed by atoms with Gasteiger partial charge in [-0.3, -0.25) is 4.79 Å². The van der Waals surface area contributed by atoms with Crippen LogP contribution in [-0.2, 0) is 11.3 Å². The molecule has 1 N–H and O–H groups in total. The number of nitrogens with one attached hydrogen (secondary N) is 1. The number of carbonyl (C=O) groups is 1. The molecular formula is C15H19ClN2OS. The van der Waals surface area contributed by atoms with E-state index in [2.05, 4.69) is 35.0 Å². The van der Waals surface area contributed by atoms with E-state index < -0.39 is 0 Å². The first kappa shape index (κ1) is 15.3. The molecule has 1 aromatic carbocycles. The maximum Gasteiger partial charge on any atom is 0.239 e. The molecule has 1 unspecified atom stereocenters. The second kappa shape index (κ2) is 6.57. The van der Waals surface area contributed by atoms with Crippen LogP contribution in [0.3, 0.4) is 0 Å². The van der Waals surface area contributed by atoms with E-state index in [1.165, 1.54) is 15.6 Å². The smallest absolute Gasteiger partial charge is 0.239 e. The van der Waals surface area contributed by atoms with Crippen LogP contribution in [-0.4, -0.2) is 30.4 Å². The van der Waals surface area contributed by atoms with E-state index in [1.54, 1.807) is 11.3 Å². The summed E-state index contributed by atoms with van der Waals surface area (Å²) in [4.78, 5) is 14.1. The van der Waals surface area contributed by atoms with Crippen LogP contribution in [0.1, 0.15) is 18.4 Å². The van der Waals surface area contributed by atoms with Crippen LogP contribution >= 0.6 is 23.7 Å². The molecule has 1 aliphatic heterocycles. The van der Waals surface area contributed by atoms with Crippen molar-refractivity contribution in [2.75, 3.05) is 13.6 Å². The number of carbonyl (C=O) groups excluding carboxylic acids is 1. The second-order valence-corrected chi connectivity index (χ2v) is 6.01. The van der Waals surface area contributed by atoms with Gasteiger partial charge in [-0.2, -0.15) is 0 Å². The number of likely N-dealkylation sites (N-methyl/N-ethyl adjacent to an activating group) is 1. The average Bonchev–Trinajstić information content (AvgIpc) is 3.08. The number of fused-ring (bicyclic) bond motifs is 1. The minimum absolute atomic E-state index is 0. The Morgan fingerprint density at radius 3 is 3.00 bits per heavy atom. The summed E-state index contributed by atoms with van der Waals surface area (Å²) in [5.41, 5.74) is 1.24. The summed E-state index contributed by atoms with van der Waals surface area (Å²) >= 11 is 1.75. The van der Waals surface area contributed by atoms with Gasteiger partial charge in [0.25, 0.3) is 0 Å². The first-order chi connectivity index (χ1) is 9.25. The van der Waals surface area contributed by atoms with E-state index in [0.717, 1.165) is 19.4 Å². The van der Waals surface area contributed by atoms with Crippen LogP contribution in [0.25, 0.3) is 10.1 Å². The third-order valence-electron chi connectivity index (χ3n) is 3.70. The van der Waals surface area contributed by atoms with Crippen molar-refractivity contribution in [3.63, 3.8) is 0 Å². The Kier molecular flexibility index (Phi) is 5.02. The molecule has 2 heterocycles. The van der Waals surface area contributed by atoms with E-state index in [0.29, 0.717) is 6.54 Å². The number of hydrogen-bond donors (Lipinski definition) is 1. The number of rotatable bonds is 3. The Labute approximate surface area is 129 Å². The monoisotopic (exact) mass is 310 g/mol. The molecule has 3 rings (SSSR count). The predicted octanol–water partition coefficient (Wildman–Crippen LogP) is 3.03. The first-order valence-corrected chi connectivity index (χ1v) is 7.57. The van der Waals surface area contributed by atoms with Gasteiger partial charge in [0.05, 0.1) is 6.04 Å². The number of benzene rings is 1. The van der Waals surface area contributed by atoms with Gasteiger partial charge in [-0.25, -0.2) is 0 Å². The van der Waals surface area contributed by atoms with Gasteiger partial charge in [-0.15, -0.1) is 23.7 Å². The quantitative estimate of drug-likeness (QED) is 0.945. The molecule has 0 saturated carbocycles. The Balaban J connectivity index is 0.00000147. The van der Waals surface area contributed by atoms with Gasteiger partial charge in [0.2, 0.25) is 5.91 Å². The number of thiophene rings is 1. The van der Waals surface area contributed by atoms with Gasteiger partial charge < -0.3 is 10.2 Å². The summed E-state index contributed by atoms with van der Waals surface area (Å²) in [7, 11) is 1.90. The highest BCUT2D eigenvalue weighted by Crippen LogP contribution is 2.26. The van der Waals surface area contributed by atoms with Crippen molar-refractivity contribution in [2.45, 2.75) is 25.4 Å². The highest BCUT2D eigenvalue weighted by molar-refractivity contribution is 7.17. The average molecular weight is 311 g/mol. The van der Waals surface area contributed by atoms with Gasteiger partial charge in [0.1, 0.15) is 0 Å².